The van der Waals surface area contributed by atoms with Crippen LogP contribution in [0.5, 0.6) is 11.5 Å². The van der Waals surface area contributed by atoms with Gasteiger partial charge in [0.1, 0.15) is 5.82 Å². The van der Waals surface area contributed by atoms with Crippen LogP contribution in [-0.2, 0) is 11.3 Å². The summed E-state index contributed by atoms with van der Waals surface area (Å²) < 4.78 is 88.1. The monoisotopic (exact) mass is 520 g/mol. The largest absolute Gasteiger partial charge is 0.491 e. The van der Waals surface area contributed by atoms with Crippen molar-refractivity contribution in [2.45, 2.75) is 58.2 Å². The second-order valence-corrected chi connectivity index (χ2v) is 8.98. The van der Waals surface area contributed by atoms with E-state index >= 15 is 0 Å². The van der Waals surface area contributed by atoms with Crippen LogP contribution in [0.4, 0.5) is 22.0 Å². The molecule has 1 saturated carbocycles. The van der Waals surface area contributed by atoms with Crippen molar-refractivity contribution in [3.05, 3.63) is 82.7 Å². The van der Waals surface area contributed by atoms with Crippen LogP contribution < -0.4 is 9.47 Å². The number of ether oxygens (including phenoxy) is 3. The molecule has 0 unspecified atom stereocenters. The Kier molecular flexibility index (Phi) is 8.69. The normalized spacial score (nSPS) is 17.6. The molecule has 0 N–H and O–H groups in total. The van der Waals surface area contributed by atoms with Gasteiger partial charge < -0.3 is 14.2 Å². The zero-order valence-corrected chi connectivity index (χ0v) is 20.8. The number of hydrogen-bond acceptors (Lipinski definition) is 3. The zero-order valence-electron chi connectivity index (χ0n) is 20.8. The van der Waals surface area contributed by atoms with Crippen LogP contribution in [-0.4, -0.2) is 19.3 Å². The minimum Gasteiger partial charge on any atom is -0.491 e. The van der Waals surface area contributed by atoms with E-state index in [0.29, 0.717) is 12.8 Å². The molecule has 0 spiro atoms. The maximum Gasteiger partial charge on any atom is 0.201 e. The van der Waals surface area contributed by atoms with E-state index in [2.05, 4.69) is 0 Å². The molecule has 0 atom stereocenters. The Morgan fingerprint density at radius 3 is 1.89 bits per heavy atom. The van der Waals surface area contributed by atoms with Crippen LogP contribution in [0.1, 0.15) is 56.6 Å². The fourth-order valence-electron chi connectivity index (χ4n) is 4.73. The van der Waals surface area contributed by atoms with Crippen molar-refractivity contribution < 1.29 is 36.2 Å². The Morgan fingerprint density at radius 1 is 0.676 bits per heavy atom. The minimum atomic E-state index is -1.15. The summed E-state index contributed by atoms with van der Waals surface area (Å²) in [5.74, 6) is -5.19. The summed E-state index contributed by atoms with van der Waals surface area (Å²) in [6.07, 6.45) is 2.66. The van der Waals surface area contributed by atoms with Crippen LogP contribution in [0.15, 0.2) is 42.5 Å². The van der Waals surface area contributed by atoms with Crippen molar-refractivity contribution in [1.82, 2.24) is 0 Å². The molecular formula is C29H29F5O3. The molecule has 3 aromatic rings. The van der Waals surface area contributed by atoms with Crippen molar-refractivity contribution in [3.63, 3.8) is 0 Å². The first-order chi connectivity index (χ1) is 17.8. The minimum absolute atomic E-state index is 0.0233. The van der Waals surface area contributed by atoms with E-state index in [9.17, 15) is 22.0 Å². The molecular weight excluding hydrogens is 491 g/mol. The number of halogens is 5. The van der Waals surface area contributed by atoms with Gasteiger partial charge in [0.05, 0.1) is 25.9 Å². The van der Waals surface area contributed by atoms with E-state index in [-0.39, 0.29) is 60.0 Å². The average molecular weight is 521 g/mol. The van der Waals surface area contributed by atoms with Crippen molar-refractivity contribution >= 4 is 0 Å². The summed E-state index contributed by atoms with van der Waals surface area (Å²) in [7, 11) is 0. The Labute approximate surface area is 213 Å². The van der Waals surface area contributed by atoms with Crippen molar-refractivity contribution in [1.29, 1.82) is 0 Å². The molecule has 0 amide bonds. The maximum absolute atomic E-state index is 15.0. The third-order valence-corrected chi connectivity index (χ3v) is 6.68. The fraction of sp³-hybridized carbons (Fsp3) is 0.379. The topological polar surface area (TPSA) is 27.7 Å². The van der Waals surface area contributed by atoms with E-state index < -0.39 is 29.1 Å². The van der Waals surface area contributed by atoms with E-state index in [1.165, 1.54) is 36.4 Å². The van der Waals surface area contributed by atoms with E-state index in [4.69, 9.17) is 14.2 Å². The summed E-state index contributed by atoms with van der Waals surface area (Å²) >= 11 is 0. The van der Waals surface area contributed by atoms with Gasteiger partial charge in [-0.25, -0.2) is 13.2 Å². The van der Waals surface area contributed by atoms with E-state index in [1.54, 1.807) is 19.9 Å². The molecule has 1 aliphatic rings. The van der Waals surface area contributed by atoms with Gasteiger partial charge in [-0.05, 0) is 81.3 Å². The van der Waals surface area contributed by atoms with Crippen LogP contribution in [0.25, 0.3) is 11.1 Å². The standard InChI is InChI=1S/C29H29F5O3/c1-3-35-24-13-8-19(26(31)28(24)33)16-37-20-9-5-17(6-10-20)18-7-11-21(23(30)15-18)22-12-14-25(36-4-2)29(34)27(22)32/h7-8,11-15,17,20H,3-6,9-10,16H2,1-2H3. The van der Waals surface area contributed by atoms with Crippen LogP contribution in [0, 0.1) is 29.1 Å². The van der Waals surface area contributed by atoms with Gasteiger partial charge >= 0.3 is 0 Å². The highest BCUT2D eigenvalue weighted by Gasteiger charge is 2.25. The predicted octanol–water partition coefficient (Wildman–Crippen LogP) is 8.09. The van der Waals surface area contributed by atoms with Gasteiger partial charge in [-0.15, -0.1) is 0 Å². The summed E-state index contributed by atoms with van der Waals surface area (Å²) in [6.45, 7) is 3.71. The molecule has 8 heteroatoms. The van der Waals surface area contributed by atoms with Gasteiger partial charge in [-0.1, -0.05) is 12.1 Å². The fourth-order valence-corrected chi connectivity index (χ4v) is 4.73. The highest BCUT2D eigenvalue weighted by atomic mass is 19.2. The first-order valence-electron chi connectivity index (χ1n) is 12.5. The summed E-state index contributed by atoms with van der Waals surface area (Å²) in [6, 6.07) is 10.0. The van der Waals surface area contributed by atoms with Gasteiger partial charge in [0, 0.05) is 16.7 Å². The van der Waals surface area contributed by atoms with Gasteiger partial charge in [0.25, 0.3) is 0 Å². The number of rotatable bonds is 9. The van der Waals surface area contributed by atoms with Crippen molar-refractivity contribution in [2.24, 2.45) is 0 Å². The third kappa shape index (κ3) is 5.90. The predicted molar refractivity (Wildman–Crippen MR) is 130 cm³/mol. The molecule has 198 valence electrons. The van der Waals surface area contributed by atoms with Gasteiger partial charge in [0.15, 0.2) is 23.1 Å². The van der Waals surface area contributed by atoms with Crippen molar-refractivity contribution in [2.75, 3.05) is 13.2 Å². The molecule has 0 saturated heterocycles. The van der Waals surface area contributed by atoms with Gasteiger partial charge in [-0.3, -0.25) is 0 Å². The molecule has 0 aliphatic heterocycles. The number of hydrogen-bond donors (Lipinski definition) is 0. The van der Waals surface area contributed by atoms with Crippen LogP contribution >= 0.6 is 0 Å². The quantitative estimate of drug-likeness (QED) is 0.267. The smallest absolute Gasteiger partial charge is 0.201 e. The SMILES string of the molecule is CCOc1ccc(COC2CCC(c3ccc(-c4ccc(OCC)c(F)c4F)c(F)c3)CC2)c(F)c1F. The summed E-state index contributed by atoms with van der Waals surface area (Å²) in [5.41, 5.74) is 0.703. The first-order valence-corrected chi connectivity index (χ1v) is 12.5. The maximum atomic E-state index is 15.0. The lowest BCUT2D eigenvalue weighted by Crippen LogP contribution is -2.21. The number of benzene rings is 3. The first kappa shape index (κ1) is 26.9. The molecule has 0 heterocycles. The Hall–Kier alpha value is -3.13. The van der Waals surface area contributed by atoms with Gasteiger partial charge in [0.2, 0.25) is 11.6 Å². The third-order valence-electron chi connectivity index (χ3n) is 6.68. The second kappa shape index (κ2) is 11.9. The molecule has 0 aromatic heterocycles. The Morgan fingerprint density at radius 2 is 1.27 bits per heavy atom. The molecule has 0 radical (unpaired) electrons. The molecule has 0 bridgehead atoms. The second-order valence-electron chi connectivity index (χ2n) is 8.98. The van der Waals surface area contributed by atoms with Crippen LogP contribution in [0.2, 0.25) is 0 Å². The van der Waals surface area contributed by atoms with Crippen LogP contribution in [0.3, 0.4) is 0 Å². The zero-order chi connectivity index (χ0) is 26.5. The molecule has 3 aromatic carbocycles. The molecule has 37 heavy (non-hydrogen) atoms. The Bertz CT molecular complexity index is 1240. The lowest BCUT2D eigenvalue weighted by molar-refractivity contribution is 0.0118. The van der Waals surface area contributed by atoms with Crippen molar-refractivity contribution in [3.8, 4) is 22.6 Å². The highest BCUT2D eigenvalue weighted by molar-refractivity contribution is 5.66. The highest BCUT2D eigenvalue weighted by Crippen LogP contribution is 2.37. The molecule has 1 aliphatic carbocycles. The average Bonchev–Trinajstić information content (AvgIpc) is 2.90. The van der Waals surface area contributed by atoms with E-state index in [0.717, 1.165) is 18.4 Å². The summed E-state index contributed by atoms with van der Waals surface area (Å²) in [4.78, 5) is 0. The molecule has 4 rings (SSSR count). The van der Waals surface area contributed by atoms with E-state index in [1.807, 2.05) is 0 Å². The lowest BCUT2D eigenvalue weighted by Gasteiger charge is -2.29. The molecule has 3 nitrogen and oxygen atoms in total. The molecule has 1 fully saturated rings. The summed E-state index contributed by atoms with van der Waals surface area (Å²) in [5, 5.41) is 0. The van der Waals surface area contributed by atoms with Gasteiger partial charge in [-0.2, -0.15) is 8.78 Å². The Balaban J connectivity index is 1.37. The lowest BCUT2D eigenvalue weighted by atomic mass is 9.82.